The summed E-state index contributed by atoms with van der Waals surface area (Å²) in [5.41, 5.74) is 2.49. The van der Waals surface area contributed by atoms with E-state index >= 15 is 0 Å². The molecule has 1 fully saturated rings. The van der Waals surface area contributed by atoms with Crippen molar-refractivity contribution in [1.82, 2.24) is 20.2 Å². The molecule has 0 bridgehead atoms. The van der Waals surface area contributed by atoms with Crippen molar-refractivity contribution in [3.8, 4) is 0 Å². The Morgan fingerprint density at radius 3 is 2.69 bits per heavy atom. The van der Waals surface area contributed by atoms with Crippen molar-refractivity contribution in [3.63, 3.8) is 0 Å². The van der Waals surface area contributed by atoms with Crippen molar-refractivity contribution in [2.45, 2.75) is 45.6 Å². The molecule has 0 saturated carbocycles. The SMILES string of the molecule is CC(=O)NCC(=O)N1CCC[C@@H]1c1nc(C)c2c(n1)N(CCc1ccc(F)cc1)C(=O)C2. The predicted octanol–water partition coefficient (Wildman–Crippen LogP) is 1.86. The molecule has 9 heteroatoms. The van der Waals surface area contributed by atoms with Gasteiger partial charge < -0.3 is 10.2 Å². The number of hydrogen-bond donors (Lipinski definition) is 1. The molecule has 32 heavy (non-hydrogen) atoms. The first kappa shape index (κ1) is 21.9. The Morgan fingerprint density at radius 2 is 1.97 bits per heavy atom. The number of carbonyl (C=O) groups is 3. The highest BCUT2D eigenvalue weighted by atomic mass is 19.1. The van der Waals surface area contributed by atoms with Crippen molar-refractivity contribution in [1.29, 1.82) is 0 Å². The van der Waals surface area contributed by atoms with E-state index in [-0.39, 0.29) is 42.5 Å². The van der Waals surface area contributed by atoms with Gasteiger partial charge in [-0.2, -0.15) is 0 Å². The fourth-order valence-corrected chi connectivity index (χ4v) is 4.30. The van der Waals surface area contributed by atoms with E-state index in [9.17, 15) is 18.8 Å². The van der Waals surface area contributed by atoms with Gasteiger partial charge in [0.1, 0.15) is 11.6 Å². The maximum atomic E-state index is 13.2. The smallest absolute Gasteiger partial charge is 0.242 e. The molecular weight excluding hydrogens is 413 g/mol. The number of aromatic nitrogens is 2. The zero-order valence-electron chi connectivity index (χ0n) is 18.2. The first-order valence-corrected chi connectivity index (χ1v) is 10.8. The van der Waals surface area contributed by atoms with Crippen LogP contribution in [0.1, 0.15) is 48.5 Å². The minimum absolute atomic E-state index is 0.0401. The molecule has 1 aromatic heterocycles. The molecule has 0 aliphatic carbocycles. The Bertz CT molecular complexity index is 1060. The number of hydrogen-bond acceptors (Lipinski definition) is 5. The van der Waals surface area contributed by atoms with Crippen LogP contribution in [0.15, 0.2) is 24.3 Å². The summed E-state index contributed by atoms with van der Waals surface area (Å²) in [5.74, 6) is 0.361. The Labute approximate surface area is 185 Å². The zero-order chi connectivity index (χ0) is 22.8. The van der Waals surface area contributed by atoms with Gasteiger partial charge in [0.15, 0.2) is 5.82 Å². The van der Waals surface area contributed by atoms with Crippen LogP contribution in [0, 0.1) is 12.7 Å². The average Bonchev–Trinajstić information content (AvgIpc) is 3.36. The van der Waals surface area contributed by atoms with Crippen LogP contribution < -0.4 is 10.2 Å². The quantitative estimate of drug-likeness (QED) is 0.741. The van der Waals surface area contributed by atoms with E-state index in [2.05, 4.69) is 10.3 Å². The number of halogens is 1. The fraction of sp³-hybridized carbons (Fsp3) is 0.435. The second kappa shape index (κ2) is 9.02. The number of aryl methyl sites for hydroxylation is 1. The number of carbonyl (C=O) groups excluding carboxylic acids is 3. The zero-order valence-corrected chi connectivity index (χ0v) is 18.2. The highest BCUT2D eigenvalue weighted by Crippen LogP contribution is 2.35. The number of amides is 3. The monoisotopic (exact) mass is 439 g/mol. The molecule has 168 valence electrons. The molecule has 1 aromatic carbocycles. The van der Waals surface area contributed by atoms with Gasteiger partial charge in [-0.15, -0.1) is 0 Å². The van der Waals surface area contributed by atoms with Crippen molar-refractivity contribution < 1.29 is 18.8 Å². The van der Waals surface area contributed by atoms with Crippen LogP contribution in [0.5, 0.6) is 0 Å². The first-order chi connectivity index (χ1) is 15.3. The molecule has 1 saturated heterocycles. The molecule has 0 unspecified atom stereocenters. The van der Waals surface area contributed by atoms with Gasteiger partial charge >= 0.3 is 0 Å². The lowest BCUT2D eigenvalue weighted by Gasteiger charge is -2.25. The molecule has 0 spiro atoms. The van der Waals surface area contributed by atoms with Crippen LogP contribution in [0.25, 0.3) is 0 Å². The average molecular weight is 439 g/mol. The molecule has 0 radical (unpaired) electrons. The number of nitrogens with one attached hydrogen (secondary N) is 1. The number of fused-ring (bicyclic) bond motifs is 1. The molecule has 2 aromatic rings. The van der Waals surface area contributed by atoms with Gasteiger partial charge in [0.25, 0.3) is 0 Å². The van der Waals surface area contributed by atoms with E-state index in [0.29, 0.717) is 31.2 Å². The molecular formula is C23H26FN5O3. The number of rotatable bonds is 6. The van der Waals surface area contributed by atoms with Gasteiger partial charge in [-0.1, -0.05) is 12.1 Å². The van der Waals surface area contributed by atoms with Gasteiger partial charge in [0, 0.05) is 31.3 Å². The molecule has 2 aliphatic heterocycles. The number of benzene rings is 1. The van der Waals surface area contributed by atoms with Crippen LogP contribution in [-0.2, 0) is 27.2 Å². The van der Waals surface area contributed by atoms with E-state index in [1.54, 1.807) is 21.9 Å². The van der Waals surface area contributed by atoms with Crippen molar-refractivity contribution in [3.05, 3.63) is 52.7 Å². The number of nitrogens with zero attached hydrogens (tertiary/aromatic N) is 4. The summed E-state index contributed by atoms with van der Waals surface area (Å²) in [7, 11) is 0. The molecule has 1 N–H and O–H groups in total. The Morgan fingerprint density at radius 1 is 1.22 bits per heavy atom. The van der Waals surface area contributed by atoms with Crippen LogP contribution >= 0.6 is 0 Å². The number of likely N-dealkylation sites (tertiary alicyclic amines) is 1. The lowest BCUT2D eigenvalue weighted by atomic mass is 10.1. The minimum Gasteiger partial charge on any atom is -0.347 e. The van der Waals surface area contributed by atoms with Gasteiger partial charge in [0.2, 0.25) is 17.7 Å². The lowest BCUT2D eigenvalue weighted by molar-refractivity contribution is -0.133. The van der Waals surface area contributed by atoms with Gasteiger partial charge in [-0.05, 0) is 43.9 Å². The molecule has 3 amide bonds. The predicted molar refractivity (Wildman–Crippen MR) is 115 cm³/mol. The molecule has 4 rings (SSSR count). The second-order valence-electron chi connectivity index (χ2n) is 8.22. The van der Waals surface area contributed by atoms with Crippen LogP contribution in [0.4, 0.5) is 10.2 Å². The van der Waals surface area contributed by atoms with Crippen molar-refractivity contribution in [2.24, 2.45) is 0 Å². The third-order valence-electron chi connectivity index (χ3n) is 5.99. The summed E-state index contributed by atoms with van der Waals surface area (Å²) < 4.78 is 13.2. The molecule has 2 aliphatic rings. The lowest BCUT2D eigenvalue weighted by Crippen LogP contribution is -2.39. The standard InChI is InChI=1S/C23H26FN5O3/c1-14-18-12-20(31)29(11-9-16-5-7-17(24)8-6-16)23(18)27-22(26-14)19-4-3-10-28(19)21(32)13-25-15(2)30/h5-8,19H,3-4,9-13H2,1-2H3,(H,25,30)/t19-/m1/s1. The number of anilines is 1. The van der Waals surface area contributed by atoms with E-state index in [0.717, 1.165) is 29.7 Å². The highest BCUT2D eigenvalue weighted by molar-refractivity contribution is 6.00. The Kier molecular flexibility index (Phi) is 6.16. The second-order valence-corrected chi connectivity index (χ2v) is 8.22. The van der Waals surface area contributed by atoms with E-state index in [4.69, 9.17) is 4.98 Å². The van der Waals surface area contributed by atoms with E-state index in [1.807, 2.05) is 6.92 Å². The summed E-state index contributed by atoms with van der Waals surface area (Å²) in [6.45, 7) is 4.19. The van der Waals surface area contributed by atoms with Crippen LogP contribution in [0.2, 0.25) is 0 Å². The Hall–Kier alpha value is -3.36. The Balaban J connectivity index is 1.55. The summed E-state index contributed by atoms with van der Waals surface area (Å²) >= 11 is 0. The van der Waals surface area contributed by atoms with Crippen molar-refractivity contribution >= 4 is 23.5 Å². The topological polar surface area (TPSA) is 95.5 Å². The summed E-state index contributed by atoms with van der Waals surface area (Å²) in [6.07, 6.45) is 2.38. The van der Waals surface area contributed by atoms with Crippen LogP contribution in [0.3, 0.4) is 0 Å². The van der Waals surface area contributed by atoms with Gasteiger partial charge in [0.05, 0.1) is 19.0 Å². The van der Waals surface area contributed by atoms with Gasteiger partial charge in [-0.3, -0.25) is 19.3 Å². The largest absolute Gasteiger partial charge is 0.347 e. The summed E-state index contributed by atoms with van der Waals surface area (Å²) in [5, 5.41) is 2.55. The fourth-order valence-electron chi connectivity index (χ4n) is 4.30. The van der Waals surface area contributed by atoms with E-state index < -0.39 is 0 Å². The third-order valence-corrected chi connectivity index (χ3v) is 5.99. The van der Waals surface area contributed by atoms with E-state index in [1.165, 1.54) is 19.1 Å². The van der Waals surface area contributed by atoms with Crippen molar-refractivity contribution in [2.75, 3.05) is 24.5 Å². The van der Waals surface area contributed by atoms with Gasteiger partial charge in [-0.25, -0.2) is 14.4 Å². The molecule has 3 heterocycles. The third kappa shape index (κ3) is 4.46. The summed E-state index contributed by atoms with van der Waals surface area (Å²) in [4.78, 5) is 49.2. The highest BCUT2D eigenvalue weighted by Gasteiger charge is 2.36. The normalized spacial score (nSPS) is 17.6. The summed E-state index contributed by atoms with van der Waals surface area (Å²) in [6, 6.07) is 5.96. The molecule has 8 nitrogen and oxygen atoms in total. The molecule has 1 atom stereocenters. The maximum absolute atomic E-state index is 13.2. The minimum atomic E-state index is -0.293. The maximum Gasteiger partial charge on any atom is 0.242 e. The first-order valence-electron chi connectivity index (χ1n) is 10.8. The van der Waals surface area contributed by atoms with Crippen LogP contribution in [-0.4, -0.2) is 52.2 Å².